The number of hydrogen-bond donors (Lipinski definition) is 1. The van der Waals surface area contributed by atoms with Gasteiger partial charge in [-0.25, -0.2) is 0 Å². The summed E-state index contributed by atoms with van der Waals surface area (Å²) in [5, 5.41) is 19.9. The molecule has 0 amide bonds. The number of aromatic nitrogens is 3. The molecular formula is C25H31ClN4O3SSi. The van der Waals surface area contributed by atoms with Crippen LogP contribution in [-0.2, 0) is 9.22 Å². The van der Waals surface area contributed by atoms with Gasteiger partial charge < -0.3 is 9.53 Å². The molecule has 35 heavy (non-hydrogen) atoms. The predicted octanol–water partition coefficient (Wildman–Crippen LogP) is 6.05. The van der Waals surface area contributed by atoms with Crippen LogP contribution in [0.1, 0.15) is 72.6 Å². The second kappa shape index (κ2) is 9.61. The summed E-state index contributed by atoms with van der Waals surface area (Å²) in [6, 6.07) is 6.85. The molecule has 4 rings (SSSR count). The smallest absolute Gasteiger partial charge is 0.306 e. The number of carbonyl (C=O) groups is 1. The minimum absolute atomic E-state index is 0.0763. The number of halogens is 1. The van der Waals surface area contributed by atoms with Gasteiger partial charge in [0, 0.05) is 21.0 Å². The molecule has 1 aliphatic heterocycles. The van der Waals surface area contributed by atoms with Gasteiger partial charge in [0.25, 0.3) is 0 Å². The highest BCUT2D eigenvalue weighted by Gasteiger charge is 2.37. The lowest BCUT2D eigenvalue weighted by Gasteiger charge is -2.32. The highest BCUT2D eigenvalue weighted by atomic mass is 35.5. The molecule has 0 aliphatic carbocycles. The Labute approximate surface area is 216 Å². The van der Waals surface area contributed by atoms with Gasteiger partial charge in [0.15, 0.2) is 14.9 Å². The average Bonchev–Trinajstić information content (AvgIpc) is 3.24. The predicted molar refractivity (Wildman–Crippen MR) is 143 cm³/mol. The van der Waals surface area contributed by atoms with Gasteiger partial charge in [-0.1, -0.05) is 44.5 Å². The first-order chi connectivity index (χ1) is 16.4. The summed E-state index contributed by atoms with van der Waals surface area (Å²) < 4.78 is 8.57. The Kier molecular flexibility index (Phi) is 7.07. The standard InChI is InChI=1S/C25H31ClN4O3SSi/c1-13-19-20(15-8-10-16(26)11-9-15)27-17(12-18(31)32)23-29-28-14(2)30(23)24(19)34-21(13)22(25(3,4)5)33-35(6)7/h8-11,17,22,35H,12H2,1-7H3,(H,31,32)/t17-,22?/m0/s1. The summed E-state index contributed by atoms with van der Waals surface area (Å²) in [4.78, 5) is 17.9. The molecule has 0 saturated carbocycles. The molecule has 10 heteroatoms. The van der Waals surface area contributed by atoms with Gasteiger partial charge in [-0.3, -0.25) is 14.4 Å². The van der Waals surface area contributed by atoms with Crippen molar-refractivity contribution in [2.75, 3.05) is 0 Å². The van der Waals surface area contributed by atoms with Crippen LogP contribution in [0.25, 0.3) is 5.00 Å². The molecule has 1 N–H and O–H groups in total. The molecule has 7 nitrogen and oxygen atoms in total. The van der Waals surface area contributed by atoms with Crippen molar-refractivity contribution in [2.45, 2.75) is 66.3 Å². The first-order valence-electron chi connectivity index (χ1n) is 11.7. The van der Waals surface area contributed by atoms with E-state index in [0.717, 1.165) is 32.3 Å². The minimum atomic E-state index is -1.34. The highest BCUT2D eigenvalue weighted by Crippen LogP contribution is 2.47. The number of aryl methyl sites for hydroxylation is 1. The molecule has 0 fully saturated rings. The number of aliphatic carboxylic acids is 1. The fourth-order valence-electron chi connectivity index (χ4n) is 4.39. The molecule has 1 unspecified atom stereocenters. The fourth-order valence-corrected chi connectivity index (χ4v) is 7.35. The van der Waals surface area contributed by atoms with E-state index in [1.807, 2.05) is 35.8 Å². The van der Waals surface area contributed by atoms with Crippen LogP contribution in [0.4, 0.5) is 0 Å². The number of carboxylic acid groups (broad SMARTS) is 1. The van der Waals surface area contributed by atoms with Crippen LogP contribution in [0.5, 0.6) is 0 Å². The van der Waals surface area contributed by atoms with Crippen molar-refractivity contribution in [1.29, 1.82) is 0 Å². The van der Waals surface area contributed by atoms with Gasteiger partial charge >= 0.3 is 5.97 Å². The second-order valence-corrected chi connectivity index (χ2v) is 14.1. The van der Waals surface area contributed by atoms with E-state index in [9.17, 15) is 9.90 Å². The summed E-state index contributed by atoms with van der Waals surface area (Å²) >= 11 is 7.84. The second-order valence-electron chi connectivity index (χ2n) is 10.2. The molecular weight excluding hydrogens is 500 g/mol. The molecule has 1 aliphatic rings. The number of hydrogen-bond acceptors (Lipinski definition) is 6. The van der Waals surface area contributed by atoms with Crippen LogP contribution in [0.15, 0.2) is 29.3 Å². The van der Waals surface area contributed by atoms with Crippen LogP contribution in [0.2, 0.25) is 18.1 Å². The first-order valence-corrected chi connectivity index (χ1v) is 15.6. The summed E-state index contributed by atoms with van der Waals surface area (Å²) in [5.74, 6) is 0.296. The SMILES string of the molecule is Cc1c(C(O[SiH](C)C)C(C)(C)C)sc2c1C(c1ccc(Cl)cc1)=N[C@@H](CC(=O)O)c1nnc(C)n1-2. The molecule has 0 saturated heterocycles. The number of thiophene rings is 1. The monoisotopic (exact) mass is 530 g/mol. The van der Waals surface area contributed by atoms with E-state index in [0.29, 0.717) is 16.7 Å². The van der Waals surface area contributed by atoms with Crippen LogP contribution in [-0.4, -0.2) is 40.6 Å². The Morgan fingerprint density at radius 1 is 1.23 bits per heavy atom. The summed E-state index contributed by atoms with van der Waals surface area (Å²) in [6.45, 7) is 15.0. The van der Waals surface area contributed by atoms with Gasteiger partial charge in [0.1, 0.15) is 16.9 Å². The van der Waals surface area contributed by atoms with Crippen LogP contribution in [0, 0.1) is 19.3 Å². The number of rotatable bonds is 6. The highest BCUT2D eigenvalue weighted by molar-refractivity contribution is 7.15. The van der Waals surface area contributed by atoms with Crippen molar-refractivity contribution in [3.05, 3.63) is 62.5 Å². The van der Waals surface area contributed by atoms with Crippen LogP contribution >= 0.6 is 22.9 Å². The molecule has 0 radical (unpaired) electrons. The number of nitrogens with zero attached hydrogens (tertiary/aromatic N) is 4. The van der Waals surface area contributed by atoms with E-state index >= 15 is 0 Å². The lowest BCUT2D eigenvalue weighted by atomic mass is 9.86. The summed E-state index contributed by atoms with van der Waals surface area (Å²) in [7, 11) is -1.34. The van der Waals surface area contributed by atoms with Gasteiger partial charge in [-0.2, -0.15) is 0 Å². The number of aliphatic imine (C=N–C) groups is 1. The quantitative estimate of drug-likeness (QED) is 0.391. The van der Waals surface area contributed by atoms with Crippen molar-refractivity contribution in [3.8, 4) is 5.00 Å². The Morgan fingerprint density at radius 2 is 1.89 bits per heavy atom. The van der Waals surface area contributed by atoms with Crippen molar-refractivity contribution in [2.24, 2.45) is 10.4 Å². The third-order valence-electron chi connectivity index (χ3n) is 5.96. The molecule has 2 atom stereocenters. The zero-order valence-corrected chi connectivity index (χ0v) is 23.8. The Balaban J connectivity index is 2.04. The van der Waals surface area contributed by atoms with Crippen molar-refractivity contribution in [1.82, 2.24) is 14.8 Å². The van der Waals surface area contributed by atoms with E-state index in [1.54, 1.807) is 11.3 Å². The number of carboxylic acids is 1. The van der Waals surface area contributed by atoms with Crippen molar-refractivity contribution < 1.29 is 14.3 Å². The molecule has 0 spiro atoms. The van der Waals surface area contributed by atoms with Gasteiger partial charge in [0.2, 0.25) is 0 Å². The number of fused-ring (bicyclic) bond motifs is 3. The average molecular weight is 531 g/mol. The molecule has 1 aromatic carbocycles. The Hall–Kier alpha value is -2.33. The molecule has 3 aromatic rings. The molecule has 186 valence electrons. The molecule has 0 bridgehead atoms. The lowest BCUT2D eigenvalue weighted by Crippen LogP contribution is -2.25. The van der Waals surface area contributed by atoms with E-state index in [-0.39, 0.29) is 17.9 Å². The Bertz CT molecular complexity index is 1290. The first kappa shape index (κ1) is 25.8. The van der Waals surface area contributed by atoms with Crippen LogP contribution in [0.3, 0.4) is 0 Å². The van der Waals surface area contributed by atoms with Crippen molar-refractivity contribution in [3.63, 3.8) is 0 Å². The van der Waals surface area contributed by atoms with E-state index < -0.39 is 21.1 Å². The number of benzene rings is 1. The van der Waals surface area contributed by atoms with Gasteiger partial charge in [-0.05, 0) is 50.1 Å². The zero-order chi connectivity index (χ0) is 25.7. The van der Waals surface area contributed by atoms with Crippen LogP contribution < -0.4 is 0 Å². The topological polar surface area (TPSA) is 89.6 Å². The van der Waals surface area contributed by atoms with E-state index in [2.05, 4.69) is 51.0 Å². The maximum absolute atomic E-state index is 11.8. The van der Waals surface area contributed by atoms with Crippen molar-refractivity contribution >= 4 is 43.7 Å². The third kappa shape index (κ3) is 5.00. The zero-order valence-electron chi connectivity index (χ0n) is 21.1. The maximum atomic E-state index is 11.8. The van der Waals surface area contributed by atoms with Gasteiger partial charge in [-0.15, -0.1) is 21.5 Å². The summed E-state index contributed by atoms with van der Waals surface area (Å²) in [6.07, 6.45) is -0.254. The normalized spacial score (nSPS) is 16.5. The third-order valence-corrected chi connectivity index (χ3v) is 8.35. The summed E-state index contributed by atoms with van der Waals surface area (Å²) in [5.41, 5.74) is 3.56. The largest absolute Gasteiger partial charge is 0.481 e. The Morgan fingerprint density at radius 3 is 2.46 bits per heavy atom. The van der Waals surface area contributed by atoms with E-state index in [1.165, 1.54) is 0 Å². The molecule has 3 heterocycles. The fraction of sp³-hybridized carbons (Fsp3) is 0.440. The van der Waals surface area contributed by atoms with Gasteiger partial charge in [0.05, 0.1) is 18.2 Å². The van der Waals surface area contributed by atoms with E-state index in [4.69, 9.17) is 21.0 Å². The minimum Gasteiger partial charge on any atom is -0.481 e. The maximum Gasteiger partial charge on any atom is 0.306 e. The molecule has 2 aromatic heterocycles. The lowest BCUT2D eigenvalue weighted by molar-refractivity contribution is -0.137.